The molecule has 1 unspecified atom stereocenters. The highest BCUT2D eigenvalue weighted by Crippen LogP contribution is 2.51. The first-order valence-electron chi connectivity index (χ1n) is 6.98. The largest absolute Gasteiger partial charge is 0.390 e. The van der Waals surface area contributed by atoms with E-state index in [0.29, 0.717) is 18.2 Å². The van der Waals surface area contributed by atoms with Crippen molar-refractivity contribution in [2.45, 2.75) is 51.7 Å². The maximum atomic E-state index is 12.3. The van der Waals surface area contributed by atoms with Crippen molar-refractivity contribution in [1.82, 2.24) is 9.29 Å². The Morgan fingerprint density at radius 3 is 2.50 bits per heavy atom. The molecule has 0 aliphatic heterocycles. The molecule has 114 valence electrons. The van der Waals surface area contributed by atoms with Gasteiger partial charge in [0.2, 0.25) is 10.0 Å². The Hall–Kier alpha value is -0.850. The van der Waals surface area contributed by atoms with Gasteiger partial charge in [-0.25, -0.2) is 13.1 Å². The van der Waals surface area contributed by atoms with Gasteiger partial charge in [0.1, 0.15) is 0 Å². The fourth-order valence-electron chi connectivity index (χ4n) is 2.47. The fourth-order valence-corrected chi connectivity index (χ4v) is 3.60. The highest BCUT2D eigenvalue weighted by Gasteiger charge is 2.45. The number of hydrogen-bond acceptors (Lipinski definition) is 3. The second kappa shape index (κ2) is 5.16. The molecule has 1 aliphatic rings. The molecule has 1 saturated carbocycles. The smallest absolute Gasteiger partial charge is 0.242 e. The number of aliphatic hydroxyl groups is 1. The third-order valence-electron chi connectivity index (χ3n) is 4.17. The van der Waals surface area contributed by atoms with Crippen LogP contribution in [0.25, 0.3) is 0 Å². The molecule has 1 heterocycles. The molecule has 0 spiro atoms. The summed E-state index contributed by atoms with van der Waals surface area (Å²) < 4.78 is 29.0. The van der Waals surface area contributed by atoms with E-state index in [-0.39, 0.29) is 23.0 Å². The Balaban J connectivity index is 2.13. The van der Waals surface area contributed by atoms with Gasteiger partial charge in [0, 0.05) is 24.5 Å². The number of sulfonamides is 1. The van der Waals surface area contributed by atoms with Gasteiger partial charge in [-0.05, 0) is 37.7 Å². The lowest BCUT2D eigenvalue weighted by atomic mass is 10.1. The first-order chi connectivity index (χ1) is 9.17. The van der Waals surface area contributed by atoms with Gasteiger partial charge in [0.15, 0.2) is 0 Å². The lowest BCUT2D eigenvalue weighted by molar-refractivity contribution is 0.268. The van der Waals surface area contributed by atoms with Crippen LogP contribution in [0.2, 0.25) is 0 Å². The molecule has 1 aliphatic carbocycles. The summed E-state index contributed by atoms with van der Waals surface area (Å²) in [6.45, 7) is 8.52. The van der Waals surface area contributed by atoms with Gasteiger partial charge in [-0.2, -0.15) is 0 Å². The van der Waals surface area contributed by atoms with E-state index >= 15 is 0 Å². The number of nitrogens with zero attached hydrogens (tertiary/aromatic N) is 1. The van der Waals surface area contributed by atoms with Crippen molar-refractivity contribution in [3.8, 4) is 0 Å². The zero-order valence-corrected chi connectivity index (χ0v) is 13.4. The van der Waals surface area contributed by atoms with Crippen LogP contribution in [0.5, 0.6) is 0 Å². The van der Waals surface area contributed by atoms with E-state index in [1.165, 1.54) is 0 Å². The predicted octanol–water partition coefficient (Wildman–Crippen LogP) is 1.89. The average molecular weight is 300 g/mol. The Morgan fingerprint density at radius 1 is 1.50 bits per heavy atom. The van der Waals surface area contributed by atoms with Crippen LogP contribution >= 0.6 is 0 Å². The normalized spacial score (nSPS) is 21.4. The van der Waals surface area contributed by atoms with E-state index in [1.54, 1.807) is 16.8 Å². The monoisotopic (exact) mass is 300 g/mol. The summed E-state index contributed by atoms with van der Waals surface area (Å²) in [5.74, 6) is 0.418. The molecule has 6 heteroatoms. The van der Waals surface area contributed by atoms with Crippen molar-refractivity contribution in [2.24, 2.45) is 11.3 Å². The Bertz CT molecular complexity index is 588. The van der Waals surface area contributed by atoms with Crippen LogP contribution in [-0.2, 0) is 16.6 Å². The SMILES string of the molecule is CC(C)n1cc(S(=O)(=O)NCC2CC2(C)C)cc1CO. The summed E-state index contributed by atoms with van der Waals surface area (Å²) in [7, 11) is -3.49. The number of rotatable bonds is 6. The van der Waals surface area contributed by atoms with Gasteiger partial charge < -0.3 is 9.67 Å². The summed E-state index contributed by atoms with van der Waals surface area (Å²) >= 11 is 0. The highest BCUT2D eigenvalue weighted by atomic mass is 32.2. The van der Waals surface area contributed by atoms with Crippen molar-refractivity contribution in [3.63, 3.8) is 0 Å². The van der Waals surface area contributed by atoms with Crippen molar-refractivity contribution in [3.05, 3.63) is 18.0 Å². The molecule has 5 nitrogen and oxygen atoms in total. The minimum atomic E-state index is -3.49. The molecule has 0 amide bonds. The average Bonchev–Trinajstić information content (AvgIpc) is 2.77. The summed E-state index contributed by atoms with van der Waals surface area (Å²) in [5.41, 5.74) is 0.870. The van der Waals surface area contributed by atoms with E-state index in [0.717, 1.165) is 6.42 Å². The van der Waals surface area contributed by atoms with Crippen LogP contribution in [0.4, 0.5) is 0 Å². The molecular weight excluding hydrogens is 276 g/mol. The van der Waals surface area contributed by atoms with Gasteiger partial charge >= 0.3 is 0 Å². The molecular formula is C14H24N2O3S. The van der Waals surface area contributed by atoms with E-state index < -0.39 is 10.0 Å². The van der Waals surface area contributed by atoms with Gasteiger partial charge in [0.25, 0.3) is 0 Å². The van der Waals surface area contributed by atoms with E-state index in [9.17, 15) is 13.5 Å². The van der Waals surface area contributed by atoms with Crippen molar-refractivity contribution in [2.75, 3.05) is 6.54 Å². The number of aromatic nitrogens is 1. The van der Waals surface area contributed by atoms with E-state index in [1.807, 2.05) is 13.8 Å². The molecule has 1 fully saturated rings. The van der Waals surface area contributed by atoms with Crippen LogP contribution in [0.1, 0.15) is 45.9 Å². The van der Waals surface area contributed by atoms with Gasteiger partial charge in [0.05, 0.1) is 11.5 Å². The van der Waals surface area contributed by atoms with Crippen LogP contribution in [0, 0.1) is 11.3 Å². The maximum absolute atomic E-state index is 12.3. The predicted molar refractivity (Wildman–Crippen MR) is 77.8 cm³/mol. The Labute approximate surface area is 121 Å². The first kappa shape index (κ1) is 15.5. The first-order valence-corrected chi connectivity index (χ1v) is 8.47. The molecule has 0 saturated heterocycles. The van der Waals surface area contributed by atoms with Crippen LogP contribution in [0.15, 0.2) is 17.2 Å². The summed E-state index contributed by atoms with van der Waals surface area (Å²) in [6.07, 6.45) is 2.65. The Morgan fingerprint density at radius 2 is 2.10 bits per heavy atom. The van der Waals surface area contributed by atoms with E-state index in [2.05, 4.69) is 18.6 Å². The number of nitrogens with one attached hydrogen (secondary N) is 1. The maximum Gasteiger partial charge on any atom is 0.242 e. The topological polar surface area (TPSA) is 71.3 Å². The molecule has 1 aromatic heterocycles. The summed E-state index contributed by atoms with van der Waals surface area (Å²) in [5, 5.41) is 9.31. The Kier molecular flexibility index (Phi) is 4.01. The molecule has 1 atom stereocenters. The standard InChI is InChI=1S/C14H24N2O3S/c1-10(2)16-8-13(5-12(16)9-17)20(18,19)15-7-11-6-14(11,3)4/h5,8,10-11,15,17H,6-7,9H2,1-4H3. The zero-order chi connectivity index (χ0) is 15.1. The fraction of sp³-hybridized carbons (Fsp3) is 0.714. The molecule has 0 aromatic carbocycles. The molecule has 1 aromatic rings. The lowest BCUT2D eigenvalue weighted by Gasteiger charge is -2.10. The van der Waals surface area contributed by atoms with Crippen molar-refractivity contribution < 1.29 is 13.5 Å². The molecule has 0 radical (unpaired) electrons. The zero-order valence-electron chi connectivity index (χ0n) is 12.5. The highest BCUT2D eigenvalue weighted by molar-refractivity contribution is 7.89. The van der Waals surface area contributed by atoms with Crippen LogP contribution in [0.3, 0.4) is 0 Å². The van der Waals surface area contributed by atoms with Gasteiger partial charge in [-0.15, -0.1) is 0 Å². The summed E-state index contributed by atoms with van der Waals surface area (Å²) in [6, 6.07) is 1.66. The number of aliphatic hydroxyl groups excluding tert-OH is 1. The molecule has 0 bridgehead atoms. The molecule has 2 rings (SSSR count). The second-order valence-electron chi connectivity index (χ2n) is 6.57. The lowest BCUT2D eigenvalue weighted by Crippen LogP contribution is -2.26. The minimum Gasteiger partial charge on any atom is -0.390 e. The van der Waals surface area contributed by atoms with Gasteiger partial charge in [-0.3, -0.25) is 0 Å². The van der Waals surface area contributed by atoms with Crippen LogP contribution in [-0.4, -0.2) is 24.6 Å². The molecule has 2 N–H and O–H groups in total. The summed E-state index contributed by atoms with van der Waals surface area (Å²) in [4.78, 5) is 0.230. The third kappa shape index (κ3) is 3.07. The quantitative estimate of drug-likeness (QED) is 0.842. The van der Waals surface area contributed by atoms with Crippen molar-refractivity contribution in [1.29, 1.82) is 0 Å². The third-order valence-corrected chi connectivity index (χ3v) is 5.56. The van der Waals surface area contributed by atoms with Crippen molar-refractivity contribution >= 4 is 10.0 Å². The van der Waals surface area contributed by atoms with E-state index in [4.69, 9.17) is 0 Å². The van der Waals surface area contributed by atoms with Crippen LogP contribution < -0.4 is 4.72 Å². The second-order valence-corrected chi connectivity index (χ2v) is 8.33. The molecule has 20 heavy (non-hydrogen) atoms. The number of hydrogen-bond donors (Lipinski definition) is 2. The minimum absolute atomic E-state index is 0.114. The van der Waals surface area contributed by atoms with Gasteiger partial charge in [-0.1, -0.05) is 13.8 Å².